The van der Waals surface area contributed by atoms with Crippen LogP contribution in [-0.4, -0.2) is 14.8 Å². The Kier molecular flexibility index (Phi) is 1.99. The SMILES string of the molecule is Cn1nc(C2CC2)c2c3c(c(=O)[nH]c21)CCCC3. The van der Waals surface area contributed by atoms with Gasteiger partial charge in [-0.25, -0.2) is 0 Å². The summed E-state index contributed by atoms with van der Waals surface area (Å²) in [6, 6.07) is 0. The minimum atomic E-state index is 0.0996. The quantitative estimate of drug-likeness (QED) is 0.833. The highest BCUT2D eigenvalue weighted by Crippen LogP contribution is 2.43. The second kappa shape index (κ2) is 3.46. The van der Waals surface area contributed by atoms with Gasteiger partial charge in [0.25, 0.3) is 5.56 Å². The van der Waals surface area contributed by atoms with Crippen LogP contribution in [0.4, 0.5) is 0 Å². The van der Waals surface area contributed by atoms with Crippen molar-refractivity contribution < 1.29 is 0 Å². The van der Waals surface area contributed by atoms with Gasteiger partial charge >= 0.3 is 0 Å². The molecule has 1 fully saturated rings. The van der Waals surface area contributed by atoms with E-state index in [1.165, 1.54) is 35.9 Å². The number of hydrogen-bond acceptors (Lipinski definition) is 2. The molecule has 0 aromatic carbocycles. The van der Waals surface area contributed by atoms with Crippen LogP contribution in [-0.2, 0) is 19.9 Å². The van der Waals surface area contributed by atoms with E-state index in [1.54, 1.807) is 0 Å². The van der Waals surface area contributed by atoms with Gasteiger partial charge in [-0.2, -0.15) is 5.10 Å². The maximum atomic E-state index is 12.1. The molecular weight excluding hydrogens is 226 g/mol. The molecule has 0 saturated heterocycles. The molecule has 0 bridgehead atoms. The van der Waals surface area contributed by atoms with Crippen LogP contribution in [0.1, 0.15) is 48.4 Å². The lowest BCUT2D eigenvalue weighted by Crippen LogP contribution is -2.19. The normalized spacial score (nSPS) is 19.2. The van der Waals surface area contributed by atoms with Crippen molar-refractivity contribution in [2.24, 2.45) is 7.05 Å². The summed E-state index contributed by atoms with van der Waals surface area (Å²) in [4.78, 5) is 15.2. The Bertz CT molecular complexity index is 691. The maximum absolute atomic E-state index is 12.1. The summed E-state index contributed by atoms with van der Waals surface area (Å²) >= 11 is 0. The minimum absolute atomic E-state index is 0.0996. The highest BCUT2D eigenvalue weighted by Gasteiger charge is 2.31. The van der Waals surface area contributed by atoms with Crippen molar-refractivity contribution >= 4 is 11.0 Å². The third kappa shape index (κ3) is 1.32. The lowest BCUT2D eigenvalue weighted by Gasteiger charge is -2.15. The molecule has 0 amide bonds. The average Bonchev–Trinajstić information content (AvgIpc) is 3.16. The molecule has 0 atom stereocenters. The van der Waals surface area contributed by atoms with Crippen molar-refractivity contribution in [1.29, 1.82) is 0 Å². The topological polar surface area (TPSA) is 50.7 Å². The molecule has 4 nitrogen and oxygen atoms in total. The number of nitrogens with zero attached hydrogens (tertiary/aromatic N) is 2. The molecule has 1 N–H and O–H groups in total. The molecule has 2 aromatic rings. The van der Waals surface area contributed by atoms with Gasteiger partial charge in [0.05, 0.1) is 5.69 Å². The molecule has 4 rings (SSSR count). The highest BCUT2D eigenvalue weighted by molar-refractivity contribution is 5.84. The Morgan fingerprint density at radius 1 is 1.22 bits per heavy atom. The van der Waals surface area contributed by atoms with Crippen LogP contribution in [0.5, 0.6) is 0 Å². The smallest absolute Gasteiger partial charge is 0.253 e. The lowest BCUT2D eigenvalue weighted by atomic mass is 9.90. The van der Waals surface area contributed by atoms with Crippen molar-refractivity contribution in [1.82, 2.24) is 14.8 Å². The Labute approximate surface area is 105 Å². The Morgan fingerprint density at radius 2 is 1.94 bits per heavy atom. The lowest BCUT2D eigenvalue weighted by molar-refractivity contribution is 0.681. The van der Waals surface area contributed by atoms with E-state index in [0.717, 1.165) is 30.5 Å². The summed E-state index contributed by atoms with van der Waals surface area (Å²) in [5, 5.41) is 5.91. The summed E-state index contributed by atoms with van der Waals surface area (Å²) in [6.07, 6.45) is 6.81. The molecule has 94 valence electrons. The first kappa shape index (κ1) is 10.4. The second-order valence-electron chi connectivity index (χ2n) is 5.63. The molecule has 2 aromatic heterocycles. The van der Waals surface area contributed by atoms with Gasteiger partial charge in [0.2, 0.25) is 0 Å². The molecule has 1 saturated carbocycles. The Hall–Kier alpha value is -1.58. The van der Waals surface area contributed by atoms with Crippen LogP contribution in [0.3, 0.4) is 0 Å². The van der Waals surface area contributed by atoms with E-state index in [1.807, 2.05) is 11.7 Å². The average molecular weight is 243 g/mol. The first-order chi connectivity index (χ1) is 8.75. The zero-order valence-corrected chi connectivity index (χ0v) is 10.6. The molecule has 0 aliphatic heterocycles. The highest BCUT2D eigenvalue weighted by atomic mass is 16.1. The van der Waals surface area contributed by atoms with Crippen LogP contribution >= 0.6 is 0 Å². The van der Waals surface area contributed by atoms with Crippen molar-refractivity contribution in [3.05, 3.63) is 27.2 Å². The van der Waals surface area contributed by atoms with Crippen LogP contribution in [0, 0.1) is 0 Å². The van der Waals surface area contributed by atoms with Gasteiger partial charge in [-0.15, -0.1) is 0 Å². The van der Waals surface area contributed by atoms with E-state index in [0.29, 0.717) is 5.92 Å². The van der Waals surface area contributed by atoms with Crippen molar-refractivity contribution in [2.45, 2.75) is 44.4 Å². The van der Waals surface area contributed by atoms with Gasteiger partial charge in [-0.1, -0.05) is 0 Å². The predicted octanol–water partition coefficient (Wildman–Crippen LogP) is 2.02. The van der Waals surface area contributed by atoms with Crippen LogP contribution in [0.25, 0.3) is 11.0 Å². The summed E-state index contributed by atoms with van der Waals surface area (Å²) in [5.41, 5.74) is 4.55. The standard InChI is InChI=1S/C14H17N3O/c1-17-13-11(12(16-17)8-6-7-8)9-4-2-3-5-10(9)14(18)15-13/h8H,2-7H2,1H3,(H,15,18). The molecule has 4 heteroatoms. The van der Waals surface area contributed by atoms with E-state index in [-0.39, 0.29) is 5.56 Å². The van der Waals surface area contributed by atoms with Crippen molar-refractivity contribution in [3.8, 4) is 0 Å². The molecule has 2 heterocycles. The summed E-state index contributed by atoms with van der Waals surface area (Å²) in [6.45, 7) is 0. The van der Waals surface area contributed by atoms with E-state index >= 15 is 0 Å². The van der Waals surface area contributed by atoms with E-state index in [4.69, 9.17) is 0 Å². The fraction of sp³-hybridized carbons (Fsp3) is 0.571. The molecule has 0 unspecified atom stereocenters. The van der Waals surface area contributed by atoms with Gasteiger partial charge in [0, 0.05) is 23.9 Å². The van der Waals surface area contributed by atoms with E-state index < -0.39 is 0 Å². The van der Waals surface area contributed by atoms with E-state index in [2.05, 4.69) is 10.1 Å². The van der Waals surface area contributed by atoms with Gasteiger partial charge < -0.3 is 4.98 Å². The first-order valence-electron chi connectivity index (χ1n) is 6.86. The summed E-state index contributed by atoms with van der Waals surface area (Å²) < 4.78 is 1.85. The molecular formula is C14H17N3O. The van der Waals surface area contributed by atoms with Gasteiger partial charge in [0.1, 0.15) is 5.65 Å². The number of aryl methyl sites for hydroxylation is 2. The monoisotopic (exact) mass is 243 g/mol. The van der Waals surface area contributed by atoms with Gasteiger partial charge in [-0.3, -0.25) is 9.48 Å². The number of aromatic nitrogens is 3. The number of rotatable bonds is 1. The van der Waals surface area contributed by atoms with Crippen LogP contribution in [0.2, 0.25) is 0 Å². The molecule has 0 radical (unpaired) electrons. The van der Waals surface area contributed by atoms with Crippen LogP contribution < -0.4 is 5.56 Å². The zero-order chi connectivity index (χ0) is 12.3. The molecule has 2 aliphatic rings. The second-order valence-corrected chi connectivity index (χ2v) is 5.63. The summed E-state index contributed by atoms with van der Waals surface area (Å²) in [5.74, 6) is 0.630. The Balaban J connectivity index is 2.12. The van der Waals surface area contributed by atoms with Gasteiger partial charge in [-0.05, 0) is 44.1 Å². The molecule has 2 aliphatic carbocycles. The predicted molar refractivity (Wildman–Crippen MR) is 70.0 cm³/mol. The minimum Gasteiger partial charge on any atom is -0.307 e. The fourth-order valence-corrected chi connectivity index (χ4v) is 3.24. The molecule has 0 spiro atoms. The maximum Gasteiger partial charge on any atom is 0.253 e. The third-order valence-corrected chi connectivity index (χ3v) is 4.31. The van der Waals surface area contributed by atoms with Crippen molar-refractivity contribution in [3.63, 3.8) is 0 Å². The number of aromatic amines is 1. The zero-order valence-electron chi connectivity index (χ0n) is 10.6. The number of hydrogen-bond donors (Lipinski definition) is 1. The third-order valence-electron chi connectivity index (χ3n) is 4.31. The number of fused-ring (bicyclic) bond motifs is 3. The fourth-order valence-electron chi connectivity index (χ4n) is 3.24. The number of nitrogens with one attached hydrogen (secondary N) is 1. The van der Waals surface area contributed by atoms with Crippen LogP contribution in [0.15, 0.2) is 4.79 Å². The largest absolute Gasteiger partial charge is 0.307 e. The summed E-state index contributed by atoms with van der Waals surface area (Å²) in [7, 11) is 1.93. The molecule has 18 heavy (non-hydrogen) atoms. The first-order valence-corrected chi connectivity index (χ1v) is 6.86. The van der Waals surface area contributed by atoms with Crippen molar-refractivity contribution in [2.75, 3.05) is 0 Å². The number of H-pyrrole nitrogens is 1. The Morgan fingerprint density at radius 3 is 2.67 bits per heavy atom. The van der Waals surface area contributed by atoms with Gasteiger partial charge in [0.15, 0.2) is 0 Å². The van der Waals surface area contributed by atoms with E-state index in [9.17, 15) is 4.79 Å². The number of pyridine rings is 1.